The van der Waals surface area contributed by atoms with Crippen LogP contribution < -0.4 is 0 Å². The second-order valence-corrected chi connectivity index (χ2v) is 5.73. The molecule has 0 atom stereocenters. The number of ether oxygens (including phenoxy) is 1. The standard InChI is InChI=1S/C10H8Cl2O3S/c1-15-9(14)10(11,12)16-8(13)7-5-3-2-4-6-7/h2-6H,1H3. The highest BCUT2D eigenvalue weighted by atomic mass is 35.5. The van der Waals surface area contributed by atoms with E-state index in [4.69, 9.17) is 23.2 Å². The topological polar surface area (TPSA) is 43.4 Å². The number of thioether (sulfide) groups is 1. The number of hydrogen-bond acceptors (Lipinski definition) is 4. The molecule has 3 nitrogen and oxygen atoms in total. The van der Waals surface area contributed by atoms with Crippen molar-refractivity contribution in [2.45, 2.75) is 3.67 Å². The minimum atomic E-state index is -1.92. The Hall–Kier alpha value is -0.710. The number of alkyl halides is 2. The summed E-state index contributed by atoms with van der Waals surface area (Å²) < 4.78 is 2.46. The van der Waals surface area contributed by atoms with Crippen molar-refractivity contribution in [1.29, 1.82) is 0 Å². The lowest BCUT2D eigenvalue weighted by molar-refractivity contribution is -0.139. The van der Waals surface area contributed by atoms with Crippen molar-refractivity contribution in [3.05, 3.63) is 35.9 Å². The first-order valence-corrected chi connectivity index (χ1v) is 5.79. The Labute approximate surface area is 107 Å². The molecule has 0 bridgehead atoms. The zero-order chi connectivity index (χ0) is 12.2. The van der Waals surface area contributed by atoms with Gasteiger partial charge in [0.05, 0.1) is 7.11 Å². The minimum absolute atomic E-state index is 0.393. The molecule has 0 unspecified atom stereocenters. The summed E-state index contributed by atoms with van der Waals surface area (Å²) in [5, 5.41) is -0.393. The molecule has 0 aliphatic rings. The molecule has 0 radical (unpaired) electrons. The molecule has 86 valence electrons. The molecule has 0 saturated heterocycles. The Bertz CT molecular complexity index is 392. The molecule has 0 fully saturated rings. The maximum absolute atomic E-state index is 11.7. The molecule has 0 saturated carbocycles. The minimum Gasteiger partial charge on any atom is -0.466 e. The average molecular weight is 279 g/mol. The zero-order valence-electron chi connectivity index (χ0n) is 8.28. The molecular weight excluding hydrogens is 271 g/mol. The fourth-order valence-electron chi connectivity index (χ4n) is 0.910. The Morgan fingerprint density at radius 2 is 1.81 bits per heavy atom. The summed E-state index contributed by atoms with van der Waals surface area (Å²) >= 11 is 11.8. The van der Waals surface area contributed by atoms with E-state index in [9.17, 15) is 9.59 Å². The summed E-state index contributed by atoms with van der Waals surface area (Å²) in [5.74, 6) is -0.870. The van der Waals surface area contributed by atoms with Crippen LogP contribution in [0.4, 0.5) is 0 Å². The fourth-order valence-corrected chi connectivity index (χ4v) is 2.14. The lowest BCUT2D eigenvalue weighted by atomic mass is 10.2. The summed E-state index contributed by atoms with van der Waals surface area (Å²) in [7, 11) is 1.15. The molecule has 0 amide bonds. The van der Waals surface area contributed by atoms with E-state index in [0.717, 1.165) is 7.11 Å². The van der Waals surface area contributed by atoms with Gasteiger partial charge in [-0.2, -0.15) is 0 Å². The summed E-state index contributed by atoms with van der Waals surface area (Å²) in [6, 6.07) is 8.40. The highest BCUT2D eigenvalue weighted by Gasteiger charge is 2.38. The van der Waals surface area contributed by atoms with E-state index in [1.54, 1.807) is 30.3 Å². The lowest BCUT2D eigenvalue weighted by Crippen LogP contribution is -2.25. The predicted molar refractivity (Wildman–Crippen MR) is 64.8 cm³/mol. The second kappa shape index (κ2) is 5.57. The number of halogens is 2. The van der Waals surface area contributed by atoms with E-state index >= 15 is 0 Å². The van der Waals surface area contributed by atoms with Gasteiger partial charge in [-0.1, -0.05) is 53.5 Å². The van der Waals surface area contributed by atoms with Gasteiger partial charge in [-0.25, -0.2) is 4.79 Å². The Balaban J connectivity index is 2.76. The summed E-state index contributed by atoms with van der Waals surface area (Å²) in [6.45, 7) is 0. The Kier molecular flexibility index (Phi) is 4.65. The van der Waals surface area contributed by atoms with Gasteiger partial charge in [-0.3, -0.25) is 4.79 Å². The lowest BCUT2D eigenvalue weighted by Gasteiger charge is -2.14. The van der Waals surface area contributed by atoms with E-state index in [-0.39, 0.29) is 0 Å². The van der Waals surface area contributed by atoms with E-state index in [0.29, 0.717) is 17.3 Å². The molecule has 0 aliphatic heterocycles. The molecule has 1 aromatic rings. The first kappa shape index (κ1) is 13.4. The van der Waals surface area contributed by atoms with Crippen LogP contribution in [0.15, 0.2) is 30.3 Å². The number of hydrogen-bond donors (Lipinski definition) is 0. The molecule has 0 N–H and O–H groups in total. The van der Waals surface area contributed by atoms with E-state index < -0.39 is 14.7 Å². The number of rotatable bonds is 3. The molecule has 1 rings (SSSR count). The number of benzene rings is 1. The highest BCUT2D eigenvalue weighted by Crippen LogP contribution is 2.37. The van der Waals surface area contributed by atoms with Crippen LogP contribution in [0, 0.1) is 0 Å². The largest absolute Gasteiger partial charge is 0.466 e. The van der Waals surface area contributed by atoms with Gasteiger partial charge in [0.2, 0.25) is 5.12 Å². The van der Waals surface area contributed by atoms with Gasteiger partial charge in [0, 0.05) is 5.56 Å². The first-order chi connectivity index (χ1) is 7.47. The first-order valence-electron chi connectivity index (χ1n) is 4.22. The number of esters is 1. The third-order valence-electron chi connectivity index (χ3n) is 1.65. The van der Waals surface area contributed by atoms with Crippen LogP contribution in [-0.4, -0.2) is 21.9 Å². The van der Waals surface area contributed by atoms with Crippen LogP contribution >= 0.6 is 35.0 Å². The molecule has 0 aliphatic carbocycles. The van der Waals surface area contributed by atoms with Crippen molar-refractivity contribution in [1.82, 2.24) is 0 Å². The number of carbonyl (C=O) groups excluding carboxylic acids is 2. The third kappa shape index (κ3) is 3.40. The van der Waals surface area contributed by atoms with Crippen LogP contribution in [0.25, 0.3) is 0 Å². The fraction of sp³-hybridized carbons (Fsp3) is 0.200. The molecular formula is C10H8Cl2O3S. The molecule has 0 spiro atoms. The Morgan fingerprint density at radius 3 is 2.31 bits per heavy atom. The van der Waals surface area contributed by atoms with Gasteiger partial charge in [0.1, 0.15) is 0 Å². The summed E-state index contributed by atoms with van der Waals surface area (Å²) in [6.07, 6.45) is 0. The molecule has 1 aromatic carbocycles. The zero-order valence-corrected chi connectivity index (χ0v) is 10.6. The van der Waals surface area contributed by atoms with Gasteiger partial charge < -0.3 is 4.74 Å². The maximum Gasteiger partial charge on any atom is 0.353 e. The quantitative estimate of drug-likeness (QED) is 0.630. The van der Waals surface area contributed by atoms with Gasteiger partial charge in [-0.05, 0) is 11.8 Å². The molecule has 0 aromatic heterocycles. The van der Waals surface area contributed by atoms with Crippen LogP contribution in [0.3, 0.4) is 0 Å². The summed E-state index contributed by atoms with van der Waals surface area (Å²) in [4.78, 5) is 22.8. The van der Waals surface area contributed by atoms with Crippen molar-refractivity contribution < 1.29 is 14.3 Å². The van der Waals surface area contributed by atoms with Gasteiger partial charge >= 0.3 is 5.97 Å². The van der Waals surface area contributed by atoms with Crippen molar-refractivity contribution in [2.75, 3.05) is 7.11 Å². The van der Waals surface area contributed by atoms with Crippen LogP contribution in [0.5, 0.6) is 0 Å². The van der Waals surface area contributed by atoms with Gasteiger partial charge in [0.25, 0.3) is 3.67 Å². The van der Waals surface area contributed by atoms with Crippen molar-refractivity contribution in [2.24, 2.45) is 0 Å². The Morgan fingerprint density at radius 1 is 1.25 bits per heavy atom. The van der Waals surface area contributed by atoms with Crippen LogP contribution in [0.1, 0.15) is 10.4 Å². The van der Waals surface area contributed by atoms with Crippen LogP contribution in [0.2, 0.25) is 0 Å². The van der Waals surface area contributed by atoms with Crippen LogP contribution in [-0.2, 0) is 9.53 Å². The van der Waals surface area contributed by atoms with Gasteiger partial charge in [0.15, 0.2) is 0 Å². The van der Waals surface area contributed by atoms with Crippen molar-refractivity contribution in [3.63, 3.8) is 0 Å². The van der Waals surface area contributed by atoms with Crippen molar-refractivity contribution >= 4 is 46.0 Å². The monoisotopic (exact) mass is 278 g/mol. The molecule has 6 heteroatoms. The van der Waals surface area contributed by atoms with E-state index in [2.05, 4.69) is 4.74 Å². The smallest absolute Gasteiger partial charge is 0.353 e. The maximum atomic E-state index is 11.7. The molecule has 16 heavy (non-hydrogen) atoms. The summed E-state index contributed by atoms with van der Waals surface area (Å²) in [5.41, 5.74) is 0.419. The van der Waals surface area contributed by atoms with E-state index in [1.165, 1.54) is 0 Å². The number of carbonyl (C=O) groups is 2. The van der Waals surface area contributed by atoms with Gasteiger partial charge in [-0.15, -0.1) is 0 Å². The highest BCUT2D eigenvalue weighted by molar-refractivity contribution is 8.18. The SMILES string of the molecule is COC(=O)C(Cl)(Cl)SC(=O)c1ccccc1. The average Bonchev–Trinajstić information content (AvgIpc) is 2.28. The molecule has 0 heterocycles. The predicted octanol–water partition coefficient (Wildman–Crippen LogP) is 2.86. The van der Waals surface area contributed by atoms with Crippen molar-refractivity contribution in [3.8, 4) is 0 Å². The third-order valence-corrected chi connectivity index (χ3v) is 3.27. The number of methoxy groups -OCH3 is 1. The second-order valence-electron chi connectivity index (χ2n) is 2.76. The van der Waals surface area contributed by atoms with E-state index in [1.807, 2.05) is 0 Å². The normalized spacial score (nSPS) is 10.9.